The first-order valence-electron chi connectivity index (χ1n) is 8.87. The van der Waals surface area contributed by atoms with Crippen LogP contribution < -0.4 is 4.74 Å². The number of aryl methyl sites for hydroxylation is 1. The van der Waals surface area contributed by atoms with Gasteiger partial charge < -0.3 is 19.3 Å². The number of benzene rings is 1. The summed E-state index contributed by atoms with van der Waals surface area (Å²) in [6, 6.07) is 5.64. The van der Waals surface area contributed by atoms with Crippen molar-refractivity contribution in [3.63, 3.8) is 0 Å². The van der Waals surface area contributed by atoms with Crippen LogP contribution in [0, 0.1) is 12.7 Å². The van der Waals surface area contributed by atoms with E-state index in [4.69, 9.17) is 4.74 Å². The summed E-state index contributed by atoms with van der Waals surface area (Å²) in [7, 11) is 0. The van der Waals surface area contributed by atoms with E-state index >= 15 is 0 Å². The number of amides is 1. The highest BCUT2D eigenvalue weighted by molar-refractivity contribution is 5.77. The van der Waals surface area contributed by atoms with Crippen LogP contribution in [0.15, 0.2) is 30.5 Å². The third-order valence-corrected chi connectivity index (χ3v) is 4.80. The molecule has 1 aromatic carbocycles. The number of aromatic nitrogens is 2. The first-order chi connectivity index (χ1) is 12.6. The Kier molecular flexibility index (Phi) is 5.88. The lowest BCUT2D eigenvalue weighted by molar-refractivity contribution is -0.134. The lowest BCUT2D eigenvalue weighted by Gasteiger charge is -2.32. The fraction of sp³-hybridized carbons (Fsp3) is 0.474. The molecule has 3 rings (SSSR count). The number of hydrogen-bond donors (Lipinski definition) is 1. The fourth-order valence-electron chi connectivity index (χ4n) is 3.35. The average Bonchev–Trinajstić information content (AvgIpc) is 3.02. The second kappa shape index (κ2) is 8.31. The first kappa shape index (κ1) is 18.4. The number of halogens is 1. The standard InChI is InChI=1S/C19H24FN3O3/c1-14-12-21-19(23(14)10-11-24)15-6-8-22(9-7-15)18(25)13-26-17-4-2-16(20)3-5-17/h2-5,12,15,24H,6-11,13H2,1H3. The summed E-state index contributed by atoms with van der Waals surface area (Å²) in [5, 5.41) is 9.23. The van der Waals surface area contributed by atoms with Crippen molar-refractivity contribution >= 4 is 5.91 Å². The Hall–Kier alpha value is -2.41. The molecule has 26 heavy (non-hydrogen) atoms. The Bertz CT molecular complexity index is 737. The Balaban J connectivity index is 1.51. The molecule has 1 aliphatic heterocycles. The average molecular weight is 361 g/mol. The number of aliphatic hydroxyl groups is 1. The molecule has 7 heteroatoms. The predicted molar refractivity (Wildman–Crippen MR) is 94.5 cm³/mol. The molecule has 0 unspecified atom stereocenters. The number of hydrogen-bond acceptors (Lipinski definition) is 4. The number of piperidine rings is 1. The second-order valence-electron chi connectivity index (χ2n) is 6.53. The molecule has 0 aliphatic carbocycles. The minimum absolute atomic E-state index is 0.0471. The molecule has 1 amide bonds. The van der Waals surface area contributed by atoms with Crippen molar-refractivity contribution in [3.8, 4) is 5.75 Å². The van der Waals surface area contributed by atoms with Gasteiger partial charge in [-0.25, -0.2) is 9.37 Å². The second-order valence-corrected chi connectivity index (χ2v) is 6.53. The lowest BCUT2D eigenvalue weighted by Crippen LogP contribution is -2.41. The van der Waals surface area contributed by atoms with Gasteiger partial charge in [0.2, 0.25) is 0 Å². The summed E-state index contributed by atoms with van der Waals surface area (Å²) in [5.41, 5.74) is 1.04. The Labute approximate surface area is 152 Å². The van der Waals surface area contributed by atoms with Gasteiger partial charge >= 0.3 is 0 Å². The van der Waals surface area contributed by atoms with Crippen molar-refractivity contribution in [2.75, 3.05) is 26.3 Å². The van der Waals surface area contributed by atoms with Gasteiger partial charge in [0.1, 0.15) is 17.4 Å². The van der Waals surface area contributed by atoms with Crippen LogP contribution in [-0.2, 0) is 11.3 Å². The highest BCUT2D eigenvalue weighted by Crippen LogP contribution is 2.28. The first-order valence-corrected chi connectivity index (χ1v) is 8.87. The highest BCUT2D eigenvalue weighted by Gasteiger charge is 2.27. The van der Waals surface area contributed by atoms with Crippen LogP contribution in [0.2, 0.25) is 0 Å². The van der Waals surface area contributed by atoms with Gasteiger partial charge in [0.25, 0.3) is 5.91 Å². The third kappa shape index (κ3) is 4.22. The normalized spacial score (nSPS) is 15.3. The van der Waals surface area contributed by atoms with E-state index in [2.05, 4.69) is 9.55 Å². The Morgan fingerprint density at radius 1 is 1.31 bits per heavy atom. The number of ether oxygens (including phenoxy) is 1. The maximum atomic E-state index is 12.9. The molecule has 1 aliphatic rings. The van der Waals surface area contributed by atoms with Crippen LogP contribution in [0.4, 0.5) is 4.39 Å². The van der Waals surface area contributed by atoms with Crippen LogP contribution in [-0.4, -0.2) is 51.8 Å². The summed E-state index contributed by atoms with van der Waals surface area (Å²) in [4.78, 5) is 18.6. The fourth-order valence-corrected chi connectivity index (χ4v) is 3.35. The topological polar surface area (TPSA) is 67.6 Å². The van der Waals surface area contributed by atoms with Crippen molar-refractivity contribution in [1.29, 1.82) is 0 Å². The molecular weight excluding hydrogens is 337 g/mol. The molecule has 0 spiro atoms. The van der Waals surface area contributed by atoms with Gasteiger partial charge in [-0.15, -0.1) is 0 Å². The van der Waals surface area contributed by atoms with E-state index in [1.807, 2.05) is 13.1 Å². The predicted octanol–water partition coefficient (Wildman–Crippen LogP) is 2.11. The molecule has 1 aromatic heterocycles. The summed E-state index contributed by atoms with van der Waals surface area (Å²) < 4.78 is 20.4. The van der Waals surface area contributed by atoms with Gasteiger partial charge in [-0.05, 0) is 44.0 Å². The van der Waals surface area contributed by atoms with Crippen molar-refractivity contribution in [3.05, 3.63) is 47.8 Å². The van der Waals surface area contributed by atoms with Crippen molar-refractivity contribution < 1.29 is 19.0 Å². The van der Waals surface area contributed by atoms with Gasteiger partial charge in [-0.1, -0.05) is 0 Å². The number of rotatable bonds is 6. The number of aliphatic hydroxyl groups excluding tert-OH is 1. The smallest absolute Gasteiger partial charge is 0.260 e. The number of carbonyl (C=O) groups excluding carboxylic acids is 1. The summed E-state index contributed by atoms with van der Waals surface area (Å²) in [6.45, 7) is 3.88. The summed E-state index contributed by atoms with van der Waals surface area (Å²) in [6.07, 6.45) is 3.51. The van der Waals surface area contributed by atoms with Crippen molar-refractivity contribution in [1.82, 2.24) is 14.5 Å². The van der Waals surface area contributed by atoms with Crippen LogP contribution in [0.25, 0.3) is 0 Å². The summed E-state index contributed by atoms with van der Waals surface area (Å²) >= 11 is 0. The van der Waals surface area contributed by atoms with E-state index in [9.17, 15) is 14.3 Å². The van der Waals surface area contributed by atoms with Crippen molar-refractivity contribution in [2.24, 2.45) is 0 Å². The van der Waals surface area contributed by atoms with Gasteiger partial charge in [0, 0.05) is 37.4 Å². The molecule has 140 valence electrons. The van der Waals surface area contributed by atoms with E-state index in [-0.39, 0.29) is 30.9 Å². The van der Waals surface area contributed by atoms with Gasteiger partial charge in [0.05, 0.1) is 6.61 Å². The number of imidazole rings is 1. The van der Waals surface area contributed by atoms with Crippen LogP contribution in [0.1, 0.15) is 30.3 Å². The molecule has 0 atom stereocenters. The maximum absolute atomic E-state index is 12.9. The molecular formula is C19H24FN3O3. The summed E-state index contributed by atoms with van der Waals surface area (Å²) in [5.74, 6) is 1.36. The van der Waals surface area contributed by atoms with Crippen molar-refractivity contribution in [2.45, 2.75) is 32.2 Å². The third-order valence-electron chi connectivity index (χ3n) is 4.80. The zero-order chi connectivity index (χ0) is 18.5. The van der Waals surface area contributed by atoms with E-state index in [1.54, 1.807) is 4.90 Å². The molecule has 2 heterocycles. The molecule has 0 radical (unpaired) electrons. The zero-order valence-electron chi connectivity index (χ0n) is 14.9. The van der Waals surface area contributed by atoms with E-state index in [0.29, 0.717) is 25.4 Å². The highest BCUT2D eigenvalue weighted by atomic mass is 19.1. The minimum atomic E-state index is -0.333. The van der Waals surface area contributed by atoms with Crippen LogP contribution in [0.3, 0.4) is 0 Å². The van der Waals surface area contributed by atoms with E-state index < -0.39 is 0 Å². The molecule has 2 aromatic rings. The molecule has 1 fully saturated rings. The molecule has 0 bridgehead atoms. The molecule has 0 saturated carbocycles. The quantitative estimate of drug-likeness (QED) is 0.856. The van der Waals surface area contributed by atoms with Gasteiger partial charge in [-0.2, -0.15) is 0 Å². The van der Waals surface area contributed by atoms with Gasteiger partial charge in [-0.3, -0.25) is 4.79 Å². The maximum Gasteiger partial charge on any atom is 0.260 e. The van der Waals surface area contributed by atoms with Crippen LogP contribution in [0.5, 0.6) is 5.75 Å². The molecule has 1 saturated heterocycles. The minimum Gasteiger partial charge on any atom is -0.484 e. The number of nitrogens with zero attached hydrogens (tertiary/aromatic N) is 3. The van der Waals surface area contributed by atoms with E-state index in [1.165, 1.54) is 24.3 Å². The number of carbonyl (C=O) groups is 1. The Morgan fingerprint density at radius 2 is 2.00 bits per heavy atom. The lowest BCUT2D eigenvalue weighted by atomic mass is 9.96. The largest absolute Gasteiger partial charge is 0.484 e. The molecule has 6 nitrogen and oxygen atoms in total. The number of likely N-dealkylation sites (tertiary alicyclic amines) is 1. The van der Waals surface area contributed by atoms with Crippen LogP contribution >= 0.6 is 0 Å². The Morgan fingerprint density at radius 3 is 2.65 bits per heavy atom. The van der Waals surface area contributed by atoms with E-state index in [0.717, 1.165) is 24.4 Å². The molecule has 1 N–H and O–H groups in total. The monoisotopic (exact) mass is 361 g/mol. The SMILES string of the molecule is Cc1cnc(C2CCN(C(=O)COc3ccc(F)cc3)CC2)n1CCO. The zero-order valence-corrected chi connectivity index (χ0v) is 14.9. The van der Waals surface area contributed by atoms with Gasteiger partial charge in [0.15, 0.2) is 6.61 Å².